The van der Waals surface area contributed by atoms with Gasteiger partial charge in [0.1, 0.15) is 5.82 Å². The SMILES string of the molecule is CCc1ccccc1NC(=O)C(=O)N/N=C\c1ccc(F)cc1. The van der Waals surface area contributed by atoms with Crippen LogP contribution in [0.15, 0.2) is 53.6 Å². The number of nitrogens with zero attached hydrogens (tertiary/aromatic N) is 1. The van der Waals surface area contributed by atoms with Gasteiger partial charge < -0.3 is 5.32 Å². The molecule has 2 aromatic rings. The molecule has 0 fully saturated rings. The predicted octanol–water partition coefficient (Wildman–Crippen LogP) is 2.48. The number of carbonyl (C=O) groups excluding carboxylic acids is 2. The Bertz CT molecular complexity index is 727. The first-order valence-corrected chi connectivity index (χ1v) is 7.08. The Balaban J connectivity index is 1.92. The van der Waals surface area contributed by atoms with Crippen LogP contribution < -0.4 is 10.7 Å². The summed E-state index contributed by atoms with van der Waals surface area (Å²) in [5, 5.41) is 6.21. The molecule has 0 spiro atoms. The van der Waals surface area contributed by atoms with Crippen molar-refractivity contribution >= 4 is 23.7 Å². The molecular formula is C17H16FN3O2. The van der Waals surface area contributed by atoms with Crippen molar-refractivity contribution < 1.29 is 14.0 Å². The Morgan fingerprint density at radius 2 is 1.78 bits per heavy atom. The van der Waals surface area contributed by atoms with E-state index in [2.05, 4.69) is 15.8 Å². The van der Waals surface area contributed by atoms with Crippen molar-refractivity contribution in [2.75, 3.05) is 5.32 Å². The molecule has 2 aromatic carbocycles. The number of halogens is 1. The molecule has 2 amide bonds. The molecule has 118 valence electrons. The van der Waals surface area contributed by atoms with E-state index in [9.17, 15) is 14.0 Å². The van der Waals surface area contributed by atoms with Crippen molar-refractivity contribution in [3.63, 3.8) is 0 Å². The molecule has 0 radical (unpaired) electrons. The van der Waals surface area contributed by atoms with E-state index < -0.39 is 11.8 Å². The number of hydrazone groups is 1. The highest BCUT2D eigenvalue weighted by atomic mass is 19.1. The van der Waals surface area contributed by atoms with Crippen molar-refractivity contribution in [3.05, 3.63) is 65.5 Å². The molecule has 0 bridgehead atoms. The summed E-state index contributed by atoms with van der Waals surface area (Å²) in [7, 11) is 0. The third-order valence-corrected chi connectivity index (χ3v) is 3.10. The standard InChI is InChI=1S/C17H16FN3O2/c1-2-13-5-3-4-6-15(13)20-16(22)17(23)21-19-11-12-7-9-14(18)10-8-12/h3-11H,2H2,1H3,(H,20,22)(H,21,23)/b19-11-. The number of amides is 2. The maximum Gasteiger partial charge on any atom is 0.329 e. The van der Waals surface area contributed by atoms with Crippen molar-refractivity contribution in [2.24, 2.45) is 5.10 Å². The second kappa shape index (κ2) is 7.84. The minimum Gasteiger partial charge on any atom is -0.317 e. The Labute approximate surface area is 133 Å². The average Bonchev–Trinajstić information content (AvgIpc) is 2.57. The summed E-state index contributed by atoms with van der Waals surface area (Å²) in [6, 6.07) is 12.8. The highest BCUT2D eigenvalue weighted by molar-refractivity contribution is 6.39. The highest BCUT2D eigenvalue weighted by Crippen LogP contribution is 2.15. The molecule has 2 N–H and O–H groups in total. The number of hydrogen-bond donors (Lipinski definition) is 2. The number of para-hydroxylation sites is 1. The van der Waals surface area contributed by atoms with Gasteiger partial charge in [0, 0.05) is 5.69 Å². The van der Waals surface area contributed by atoms with Crippen molar-refractivity contribution in [2.45, 2.75) is 13.3 Å². The van der Waals surface area contributed by atoms with Crippen molar-refractivity contribution in [1.29, 1.82) is 0 Å². The molecule has 23 heavy (non-hydrogen) atoms. The lowest BCUT2D eigenvalue weighted by molar-refractivity contribution is -0.136. The third kappa shape index (κ3) is 4.74. The van der Waals surface area contributed by atoms with Gasteiger partial charge in [-0.15, -0.1) is 0 Å². The maximum absolute atomic E-state index is 12.7. The molecular weight excluding hydrogens is 297 g/mol. The number of anilines is 1. The van der Waals surface area contributed by atoms with Crippen LogP contribution in [0.1, 0.15) is 18.1 Å². The van der Waals surface area contributed by atoms with E-state index in [0.717, 1.165) is 12.0 Å². The number of aryl methyl sites for hydroxylation is 1. The number of benzene rings is 2. The van der Waals surface area contributed by atoms with Gasteiger partial charge in [0.15, 0.2) is 0 Å². The van der Waals surface area contributed by atoms with Crippen LogP contribution in [0.3, 0.4) is 0 Å². The van der Waals surface area contributed by atoms with Crippen molar-refractivity contribution in [1.82, 2.24) is 5.43 Å². The number of carbonyl (C=O) groups is 2. The summed E-state index contributed by atoms with van der Waals surface area (Å²) in [4.78, 5) is 23.5. The van der Waals surface area contributed by atoms with Crippen LogP contribution in [0.25, 0.3) is 0 Å². The normalized spacial score (nSPS) is 10.5. The molecule has 0 heterocycles. The second-order valence-corrected chi connectivity index (χ2v) is 4.72. The van der Waals surface area contributed by atoms with Crippen LogP contribution >= 0.6 is 0 Å². The van der Waals surface area contributed by atoms with Gasteiger partial charge in [0.25, 0.3) is 0 Å². The smallest absolute Gasteiger partial charge is 0.317 e. The van der Waals surface area contributed by atoms with Crippen LogP contribution in [0.2, 0.25) is 0 Å². The average molecular weight is 313 g/mol. The summed E-state index contributed by atoms with van der Waals surface area (Å²) < 4.78 is 12.7. The topological polar surface area (TPSA) is 70.6 Å². The Morgan fingerprint density at radius 3 is 2.48 bits per heavy atom. The summed E-state index contributed by atoms with van der Waals surface area (Å²) in [6.07, 6.45) is 2.06. The zero-order valence-electron chi connectivity index (χ0n) is 12.5. The molecule has 0 aliphatic heterocycles. The van der Waals surface area contributed by atoms with Gasteiger partial charge in [-0.05, 0) is 35.7 Å². The van der Waals surface area contributed by atoms with Crippen LogP contribution in [0.4, 0.5) is 10.1 Å². The summed E-state index contributed by atoms with van der Waals surface area (Å²) in [5.74, 6) is -2.04. The minimum atomic E-state index is -0.880. The maximum atomic E-state index is 12.7. The zero-order chi connectivity index (χ0) is 16.7. The van der Waals surface area contributed by atoms with E-state index >= 15 is 0 Å². The molecule has 0 atom stereocenters. The zero-order valence-corrected chi connectivity index (χ0v) is 12.5. The molecule has 0 unspecified atom stereocenters. The fraction of sp³-hybridized carbons (Fsp3) is 0.118. The fourth-order valence-corrected chi connectivity index (χ4v) is 1.89. The van der Waals surface area contributed by atoms with Gasteiger partial charge in [-0.3, -0.25) is 9.59 Å². The van der Waals surface area contributed by atoms with Crippen LogP contribution in [0.5, 0.6) is 0 Å². The molecule has 0 aromatic heterocycles. The van der Waals surface area contributed by atoms with Gasteiger partial charge in [0.05, 0.1) is 6.21 Å². The van der Waals surface area contributed by atoms with E-state index in [0.29, 0.717) is 11.3 Å². The van der Waals surface area contributed by atoms with E-state index in [4.69, 9.17) is 0 Å². The van der Waals surface area contributed by atoms with Crippen molar-refractivity contribution in [3.8, 4) is 0 Å². The van der Waals surface area contributed by atoms with Gasteiger partial charge in [-0.2, -0.15) is 5.10 Å². The third-order valence-electron chi connectivity index (χ3n) is 3.10. The van der Waals surface area contributed by atoms with E-state index in [1.165, 1.54) is 30.5 Å². The molecule has 0 saturated heterocycles. The molecule has 5 nitrogen and oxygen atoms in total. The molecule has 6 heteroatoms. The molecule has 0 aliphatic carbocycles. The Hall–Kier alpha value is -3.02. The lowest BCUT2D eigenvalue weighted by atomic mass is 10.1. The lowest BCUT2D eigenvalue weighted by Crippen LogP contribution is -2.32. The summed E-state index contributed by atoms with van der Waals surface area (Å²) >= 11 is 0. The minimum absolute atomic E-state index is 0.361. The Kier molecular flexibility index (Phi) is 5.57. The molecule has 0 saturated carbocycles. The van der Waals surface area contributed by atoms with Crippen LogP contribution in [0, 0.1) is 5.82 Å². The van der Waals surface area contributed by atoms with Gasteiger partial charge in [0.2, 0.25) is 0 Å². The van der Waals surface area contributed by atoms with Crippen LogP contribution in [-0.2, 0) is 16.0 Å². The fourth-order valence-electron chi connectivity index (χ4n) is 1.89. The largest absolute Gasteiger partial charge is 0.329 e. The highest BCUT2D eigenvalue weighted by Gasteiger charge is 2.14. The van der Waals surface area contributed by atoms with Gasteiger partial charge >= 0.3 is 11.8 Å². The first-order chi connectivity index (χ1) is 11.1. The second-order valence-electron chi connectivity index (χ2n) is 4.72. The monoisotopic (exact) mass is 313 g/mol. The number of hydrogen-bond acceptors (Lipinski definition) is 3. The summed E-state index contributed by atoms with van der Waals surface area (Å²) in [5.41, 5.74) is 4.26. The number of rotatable bonds is 4. The molecule has 2 rings (SSSR count). The summed E-state index contributed by atoms with van der Waals surface area (Å²) in [6.45, 7) is 1.96. The first-order valence-electron chi connectivity index (χ1n) is 7.08. The van der Waals surface area contributed by atoms with Gasteiger partial charge in [-0.25, -0.2) is 9.82 Å². The van der Waals surface area contributed by atoms with E-state index in [1.807, 2.05) is 19.1 Å². The van der Waals surface area contributed by atoms with Crippen LogP contribution in [-0.4, -0.2) is 18.0 Å². The predicted molar refractivity (Wildman–Crippen MR) is 86.6 cm³/mol. The number of nitrogens with one attached hydrogen (secondary N) is 2. The molecule has 0 aliphatic rings. The Morgan fingerprint density at radius 1 is 1.09 bits per heavy atom. The quantitative estimate of drug-likeness (QED) is 0.517. The van der Waals surface area contributed by atoms with Gasteiger partial charge in [-0.1, -0.05) is 37.3 Å². The lowest BCUT2D eigenvalue weighted by Gasteiger charge is -2.08. The van der Waals surface area contributed by atoms with E-state index in [1.54, 1.807) is 12.1 Å². The van der Waals surface area contributed by atoms with E-state index in [-0.39, 0.29) is 5.82 Å². The first kappa shape index (κ1) is 16.4.